The van der Waals surface area contributed by atoms with Gasteiger partial charge < -0.3 is 14.8 Å². The van der Waals surface area contributed by atoms with Crippen LogP contribution in [0.25, 0.3) is 11.3 Å². The lowest BCUT2D eigenvalue weighted by molar-refractivity contribution is -0.142. The fourth-order valence-corrected chi connectivity index (χ4v) is 2.22. The number of benzene rings is 1. The zero-order chi connectivity index (χ0) is 17.7. The molecule has 2 aromatic rings. The van der Waals surface area contributed by atoms with Gasteiger partial charge in [-0.3, -0.25) is 9.59 Å². The van der Waals surface area contributed by atoms with Crippen molar-refractivity contribution in [2.75, 3.05) is 0 Å². The Morgan fingerprint density at radius 3 is 2.58 bits per heavy atom. The maximum absolute atomic E-state index is 13.7. The topological polar surface area (TPSA) is 79.5 Å². The third-order valence-electron chi connectivity index (χ3n) is 3.93. The highest BCUT2D eigenvalue weighted by Crippen LogP contribution is 2.25. The zero-order valence-electron chi connectivity index (χ0n) is 13.6. The monoisotopic (exact) mass is 333 g/mol. The number of carbonyl (C=O) groups excluding carboxylic acids is 1. The van der Waals surface area contributed by atoms with Gasteiger partial charge in [-0.2, -0.15) is 0 Å². The molecule has 0 aliphatic rings. The van der Waals surface area contributed by atoms with Crippen LogP contribution in [0.4, 0.5) is 4.39 Å². The maximum Gasteiger partial charge on any atom is 0.308 e. The molecular weight excluding hydrogens is 313 g/mol. The van der Waals surface area contributed by atoms with Gasteiger partial charge in [0.25, 0.3) is 0 Å². The smallest absolute Gasteiger partial charge is 0.308 e. The van der Waals surface area contributed by atoms with Gasteiger partial charge in [-0.05, 0) is 38.1 Å². The van der Waals surface area contributed by atoms with Crippen molar-refractivity contribution in [3.8, 4) is 11.3 Å². The number of amides is 1. The highest BCUT2D eigenvalue weighted by atomic mass is 19.1. The summed E-state index contributed by atoms with van der Waals surface area (Å²) in [5.74, 6) is -1.25. The Balaban J connectivity index is 1.90. The molecule has 5 nitrogen and oxygen atoms in total. The van der Waals surface area contributed by atoms with E-state index >= 15 is 0 Å². The first-order valence-corrected chi connectivity index (χ1v) is 7.74. The summed E-state index contributed by atoms with van der Waals surface area (Å²) in [5, 5.41) is 11.6. The lowest BCUT2D eigenvalue weighted by Crippen LogP contribution is -2.40. The molecule has 2 unspecified atom stereocenters. The van der Waals surface area contributed by atoms with Crippen LogP contribution in [-0.4, -0.2) is 23.0 Å². The number of halogens is 1. The van der Waals surface area contributed by atoms with Crippen molar-refractivity contribution in [2.24, 2.45) is 5.92 Å². The lowest BCUT2D eigenvalue weighted by Gasteiger charge is -2.17. The van der Waals surface area contributed by atoms with Gasteiger partial charge in [-0.1, -0.05) is 12.1 Å². The van der Waals surface area contributed by atoms with Crippen molar-refractivity contribution in [3.63, 3.8) is 0 Å². The van der Waals surface area contributed by atoms with Crippen LogP contribution < -0.4 is 5.32 Å². The van der Waals surface area contributed by atoms with Crippen LogP contribution in [0.5, 0.6) is 0 Å². The average Bonchev–Trinajstić information content (AvgIpc) is 3.01. The van der Waals surface area contributed by atoms with Crippen LogP contribution in [0.15, 0.2) is 40.8 Å². The molecule has 0 saturated carbocycles. The molecule has 0 aliphatic heterocycles. The molecule has 0 radical (unpaired) electrons. The number of rotatable bonds is 7. The summed E-state index contributed by atoms with van der Waals surface area (Å²) in [6, 6.07) is 9.22. The minimum Gasteiger partial charge on any atom is -0.481 e. The van der Waals surface area contributed by atoms with Crippen LogP contribution in [0.3, 0.4) is 0 Å². The van der Waals surface area contributed by atoms with Gasteiger partial charge in [0.2, 0.25) is 5.91 Å². The van der Waals surface area contributed by atoms with Gasteiger partial charge in [0, 0.05) is 18.9 Å². The molecular formula is C18H20FNO4. The quantitative estimate of drug-likeness (QED) is 0.815. The first-order chi connectivity index (χ1) is 11.4. The van der Waals surface area contributed by atoms with E-state index in [0.717, 1.165) is 0 Å². The minimum absolute atomic E-state index is 0.168. The van der Waals surface area contributed by atoms with E-state index in [1.54, 1.807) is 44.2 Å². The first-order valence-electron chi connectivity index (χ1n) is 7.74. The summed E-state index contributed by atoms with van der Waals surface area (Å²) < 4.78 is 19.3. The minimum atomic E-state index is -0.955. The number of furan rings is 1. The van der Waals surface area contributed by atoms with E-state index in [1.165, 1.54) is 6.07 Å². The van der Waals surface area contributed by atoms with Crippen molar-refractivity contribution < 1.29 is 23.5 Å². The molecule has 2 N–H and O–H groups in total. The second kappa shape index (κ2) is 7.77. The predicted molar refractivity (Wildman–Crippen MR) is 86.8 cm³/mol. The molecule has 2 rings (SSSR count). The third-order valence-corrected chi connectivity index (χ3v) is 3.93. The van der Waals surface area contributed by atoms with E-state index in [1.807, 2.05) is 0 Å². The first kappa shape index (κ1) is 17.7. The number of aryl methyl sites for hydroxylation is 1. The molecule has 1 amide bonds. The van der Waals surface area contributed by atoms with Crippen molar-refractivity contribution >= 4 is 11.9 Å². The normalized spacial score (nSPS) is 13.3. The van der Waals surface area contributed by atoms with Crippen LogP contribution >= 0.6 is 0 Å². The van der Waals surface area contributed by atoms with Crippen molar-refractivity contribution in [1.29, 1.82) is 0 Å². The standard InChI is InChI=1S/C18H20FNO4/c1-11(18(22)23)12(2)20-17(21)10-8-13-7-9-16(24-13)14-5-3-4-6-15(14)19/h3-7,9,11-12H,8,10H2,1-2H3,(H,20,21)(H,22,23). The highest BCUT2D eigenvalue weighted by Gasteiger charge is 2.21. The van der Waals surface area contributed by atoms with Gasteiger partial charge >= 0.3 is 5.97 Å². The van der Waals surface area contributed by atoms with Gasteiger partial charge in [-0.25, -0.2) is 4.39 Å². The number of hydrogen-bond donors (Lipinski definition) is 2. The molecule has 1 heterocycles. The lowest BCUT2D eigenvalue weighted by atomic mass is 10.0. The second-order valence-corrected chi connectivity index (χ2v) is 5.73. The molecule has 6 heteroatoms. The van der Waals surface area contributed by atoms with Crippen molar-refractivity contribution in [2.45, 2.75) is 32.7 Å². The molecule has 0 bridgehead atoms. The van der Waals surface area contributed by atoms with Crippen LogP contribution in [0, 0.1) is 11.7 Å². The van der Waals surface area contributed by atoms with Crippen molar-refractivity contribution in [1.82, 2.24) is 5.32 Å². The Labute approximate surface area is 139 Å². The number of carboxylic acid groups (broad SMARTS) is 1. The number of hydrogen-bond acceptors (Lipinski definition) is 3. The highest BCUT2D eigenvalue weighted by molar-refractivity contribution is 5.78. The van der Waals surface area contributed by atoms with E-state index in [-0.39, 0.29) is 18.1 Å². The van der Waals surface area contributed by atoms with Crippen LogP contribution in [-0.2, 0) is 16.0 Å². The zero-order valence-corrected chi connectivity index (χ0v) is 13.6. The average molecular weight is 333 g/mol. The van der Waals surface area contributed by atoms with E-state index in [2.05, 4.69) is 5.32 Å². The summed E-state index contributed by atoms with van der Waals surface area (Å²) in [6.07, 6.45) is 0.523. The fraction of sp³-hybridized carbons (Fsp3) is 0.333. The van der Waals surface area contributed by atoms with Crippen LogP contribution in [0.2, 0.25) is 0 Å². The largest absolute Gasteiger partial charge is 0.481 e. The Morgan fingerprint density at radius 2 is 1.92 bits per heavy atom. The van der Waals surface area contributed by atoms with Crippen LogP contribution in [0.1, 0.15) is 26.0 Å². The van der Waals surface area contributed by atoms with Gasteiger partial charge in [0.15, 0.2) is 0 Å². The maximum atomic E-state index is 13.7. The fourth-order valence-electron chi connectivity index (χ4n) is 2.22. The molecule has 0 saturated heterocycles. The van der Waals surface area contributed by atoms with Gasteiger partial charge in [-0.15, -0.1) is 0 Å². The van der Waals surface area contributed by atoms with E-state index < -0.39 is 17.9 Å². The molecule has 24 heavy (non-hydrogen) atoms. The second-order valence-electron chi connectivity index (χ2n) is 5.73. The summed E-state index contributed by atoms with van der Waals surface area (Å²) in [4.78, 5) is 22.7. The Morgan fingerprint density at radius 1 is 1.21 bits per heavy atom. The molecule has 0 aliphatic carbocycles. The predicted octanol–water partition coefficient (Wildman–Crippen LogP) is 3.24. The molecule has 1 aromatic heterocycles. The number of carboxylic acids is 1. The number of nitrogens with one attached hydrogen (secondary N) is 1. The van der Waals surface area contributed by atoms with Gasteiger partial charge in [0.05, 0.1) is 11.5 Å². The third kappa shape index (κ3) is 4.44. The number of carbonyl (C=O) groups is 2. The Bertz CT molecular complexity index is 725. The summed E-state index contributed by atoms with van der Waals surface area (Å²) in [7, 11) is 0. The molecule has 1 aromatic carbocycles. The molecule has 0 fully saturated rings. The van der Waals surface area contributed by atoms with Crippen molar-refractivity contribution in [3.05, 3.63) is 48.0 Å². The Hall–Kier alpha value is -2.63. The summed E-state index contributed by atoms with van der Waals surface area (Å²) in [5.41, 5.74) is 0.372. The number of aliphatic carboxylic acids is 1. The van der Waals surface area contributed by atoms with E-state index in [4.69, 9.17) is 9.52 Å². The summed E-state index contributed by atoms with van der Waals surface area (Å²) >= 11 is 0. The molecule has 128 valence electrons. The molecule has 2 atom stereocenters. The van der Waals surface area contributed by atoms with Gasteiger partial charge in [0.1, 0.15) is 17.3 Å². The summed E-state index contributed by atoms with van der Waals surface area (Å²) in [6.45, 7) is 3.19. The SMILES string of the molecule is CC(NC(=O)CCc1ccc(-c2ccccc2F)o1)C(C)C(=O)O. The van der Waals surface area contributed by atoms with E-state index in [9.17, 15) is 14.0 Å². The Kier molecular flexibility index (Phi) is 5.73. The van der Waals surface area contributed by atoms with E-state index in [0.29, 0.717) is 23.5 Å². The molecule has 0 spiro atoms.